The second-order valence-electron chi connectivity index (χ2n) is 4.49. The van der Waals surface area contributed by atoms with Gasteiger partial charge in [0.05, 0.1) is 0 Å². The first-order chi connectivity index (χ1) is 6.69. The van der Waals surface area contributed by atoms with Gasteiger partial charge >= 0.3 is 0 Å². The summed E-state index contributed by atoms with van der Waals surface area (Å²) in [6, 6.07) is 0.400. The zero-order valence-electron chi connectivity index (χ0n) is 9.68. The smallest absolute Gasteiger partial charge is 0.137 e. The lowest BCUT2D eigenvalue weighted by molar-refractivity contribution is -0.124. The first-order valence-electron chi connectivity index (χ1n) is 5.95. The maximum Gasteiger partial charge on any atom is 0.137 e. The molecule has 2 heteroatoms. The van der Waals surface area contributed by atoms with Gasteiger partial charge in [0, 0.05) is 18.4 Å². The summed E-state index contributed by atoms with van der Waals surface area (Å²) in [5.74, 6) is 1.38. The molecule has 1 rings (SSSR count). The average molecular weight is 197 g/mol. The van der Waals surface area contributed by atoms with Crippen molar-refractivity contribution >= 4 is 5.78 Å². The van der Waals surface area contributed by atoms with Crippen LogP contribution >= 0.6 is 0 Å². The van der Waals surface area contributed by atoms with Crippen molar-refractivity contribution in [2.45, 2.75) is 52.5 Å². The lowest BCUT2D eigenvalue weighted by Gasteiger charge is -2.17. The lowest BCUT2D eigenvalue weighted by atomic mass is 9.88. The maximum atomic E-state index is 11.9. The molecule has 0 aromatic heterocycles. The molecule has 14 heavy (non-hydrogen) atoms. The Morgan fingerprint density at radius 2 is 2.07 bits per heavy atom. The summed E-state index contributed by atoms with van der Waals surface area (Å²) in [5.41, 5.74) is 0. The molecule has 1 fully saturated rings. The van der Waals surface area contributed by atoms with Gasteiger partial charge in [0.25, 0.3) is 0 Å². The van der Waals surface area contributed by atoms with Crippen LogP contribution < -0.4 is 5.32 Å². The van der Waals surface area contributed by atoms with Crippen LogP contribution in [0.5, 0.6) is 0 Å². The van der Waals surface area contributed by atoms with E-state index in [1.165, 1.54) is 0 Å². The number of hydrogen-bond donors (Lipinski definition) is 1. The van der Waals surface area contributed by atoms with Crippen molar-refractivity contribution in [1.29, 1.82) is 0 Å². The molecule has 0 spiro atoms. The molecule has 1 aliphatic rings. The molecule has 1 aliphatic heterocycles. The Balaban J connectivity index is 2.40. The van der Waals surface area contributed by atoms with E-state index in [0.29, 0.717) is 17.7 Å². The van der Waals surface area contributed by atoms with E-state index in [-0.39, 0.29) is 5.92 Å². The van der Waals surface area contributed by atoms with Crippen LogP contribution in [0.15, 0.2) is 0 Å². The van der Waals surface area contributed by atoms with Crippen molar-refractivity contribution < 1.29 is 4.79 Å². The van der Waals surface area contributed by atoms with Crippen LogP contribution in [-0.4, -0.2) is 18.4 Å². The van der Waals surface area contributed by atoms with E-state index < -0.39 is 0 Å². The monoisotopic (exact) mass is 197 g/mol. The van der Waals surface area contributed by atoms with Gasteiger partial charge in [-0.25, -0.2) is 0 Å². The summed E-state index contributed by atoms with van der Waals surface area (Å²) in [6.45, 7) is 7.50. The predicted octanol–water partition coefficient (Wildman–Crippen LogP) is 2.38. The lowest BCUT2D eigenvalue weighted by Crippen LogP contribution is -2.29. The standard InChI is InChI=1S/C12H23NO/c1-4-10(5-2)8-12(14)11-6-7-13-9(11)3/h9-11,13H,4-8H2,1-3H3. The second-order valence-corrected chi connectivity index (χ2v) is 4.49. The molecule has 0 aliphatic carbocycles. The van der Waals surface area contributed by atoms with E-state index in [2.05, 4.69) is 26.1 Å². The molecule has 0 amide bonds. The molecule has 0 saturated carbocycles. The van der Waals surface area contributed by atoms with Crippen molar-refractivity contribution in [3.8, 4) is 0 Å². The Morgan fingerprint density at radius 1 is 1.43 bits per heavy atom. The Bertz CT molecular complexity index is 187. The third-order valence-electron chi connectivity index (χ3n) is 3.58. The number of hydrogen-bond acceptors (Lipinski definition) is 2. The molecular formula is C12H23NO. The van der Waals surface area contributed by atoms with E-state index in [9.17, 15) is 4.79 Å². The van der Waals surface area contributed by atoms with Crippen LogP contribution in [-0.2, 0) is 4.79 Å². The SMILES string of the molecule is CCC(CC)CC(=O)C1CCNC1C. The fourth-order valence-corrected chi connectivity index (χ4v) is 2.31. The van der Waals surface area contributed by atoms with Gasteiger partial charge in [0.15, 0.2) is 0 Å². The van der Waals surface area contributed by atoms with Crippen LogP contribution in [0.1, 0.15) is 46.5 Å². The van der Waals surface area contributed by atoms with Crippen LogP contribution in [0.2, 0.25) is 0 Å². The van der Waals surface area contributed by atoms with E-state index >= 15 is 0 Å². The molecule has 1 heterocycles. The summed E-state index contributed by atoms with van der Waals surface area (Å²) in [5, 5.41) is 3.34. The summed E-state index contributed by atoms with van der Waals surface area (Å²) >= 11 is 0. The largest absolute Gasteiger partial charge is 0.314 e. The minimum Gasteiger partial charge on any atom is -0.314 e. The first-order valence-corrected chi connectivity index (χ1v) is 5.95. The fourth-order valence-electron chi connectivity index (χ4n) is 2.31. The quantitative estimate of drug-likeness (QED) is 0.733. The predicted molar refractivity (Wildman–Crippen MR) is 59.3 cm³/mol. The van der Waals surface area contributed by atoms with Gasteiger partial charge in [-0.2, -0.15) is 0 Å². The van der Waals surface area contributed by atoms with E-state index in [1.54, 1.807) is 0 Å². The Kier molecular flexibility index (Phi) is 4.59. The van der Waals surface area contributed by atoms with Gasteiger partial charge < -0.3 is 5.32 Å². The molecule has 2 atom stereocenters. The zero-order valence-corrected chi connectivity index (χ0v) is 9.68. The number of carbonyl (C=O) groups excluding carboxylic acids is 1. The Labute approximate surface area is 87.5 Å². The summed E-state index contributed by atoms with van der Waals surface area (Å²) in [7, 11) is 0. The Morgan fingerprint density at radius 3 is 2.50 bits per heavy atom. The van der Waals surface area contributed by atoms with Crippen LogP contribution in [0, 0.1) is 11.8 Å². The number of rotatable bonds is 5. The van der Waals surface area contributed by atoms with Crippen molar-refractivity contribution in [2.75, 3.05) is 6.54 Å². The number of Topliss-reactive ketones (excluding diaryl/α,β-unsaturated/α-hetero) is 1. The summed E-state index contributed by atoms with van der Waals surface area (Å²) in [6.07, 6.45) is 4.11. The summed E-state index contributed by atoms with van der Waals surface area (Å²) < 4.78 is 0. The third kappa shape index (κ3) is 2.81. The molecule has 2 nitrogen and oxygen atoms in total. The highest BCUT2D eigenvalue weighted by molar-refractivity contribution is 5.82. The second kappa shape index (κ2) is 5.50. The van der Waals surface area contributed by atoms with E-state index in [1.807, 2.05) is 0 Å². The molecule has 0 aromatic carbocycles. The molecule has 82 valence electrons. The molecule has 0 aromatic rings. The number of ketones is 1. The fraction of sp³-hybridized carbons (Fsp3) is 0.917. The summed E-state index contributed by atoms with van der Waals surface area (Å²) in [4.78, 5) is 11.9. The molecule has 1 N–H and O–H groups in total. The zero-order chi connectivity index (χ0) is 10.6. The van der Waals surface area contributed by atoms with Gasteiger partial charge in [-0.3, -0.25) is 4.79 Å². The van der Waals surface area contributed by atoms with Gasteiger partial charge in [0.1, 0.15) is 5.78 Å². The Hall–Kier alpha value is -0.370. The van der Waals surface area contributed by atoms with E-state index in [4.69, 9.17) is 0 Å². The first kappa shape index (κ1) is 11.7. The number of nitrogens with one attached hydrogen (secondary N) is 1. The van der Waals surface area contributed by atoms with Crippen molar-refractivity contribution in [3.63, 3.8) is 0 Å². The van der Waals surface area contributed by atoms with Crippen LogP contribution in [0.25, 0.3) is 0 Å². The molecular weight excluding hydrogens is 174 g/mol. The van der Waals surface area contributed by atoms with Crippen molar-refractivity contribution in [3.05, 3.63) is 0 Å². The highest BCUT2D eigenvalue weighted by atomic mass is 16.1. The molecule has 0 bridgehead atoms. The van der Waals surface area contributed by atoms with Crippen LogP contribution in [0.3, 0.4) is 0 Å². The normalized spacial score (nSPS) is 27.1. The van der Waals surface area contributed by atoms with E-state index in [0.717, 1.165) is 32.2 Å². The van der Waals surface area contributed by atoms with Gasteiger partial charge in [0.2, 0.25) is 0 Å². The highest BCUT2D eigenvalue weighted by Gasteiger charge is 2.29. The molecule has 2 unspecified atom stereocenters. The van der Waals surface area contributed by atoms with Crippen LogP contribution in [0.4, 0.5) is 0 Å². The number of carbonyl (C=O) groups is 1. The highest BCUT2D eigenvalue weighted by Crippen LogP contribution is 2.22. The van der Waals surface area contributed by atoms with Gasteiger partial charge in [-0.05, 0) is 25.8 Å². The average Bonchev–Trinajstić information content (AvgIpc) is 2.60. The third-order valence-corrected chi connectivity index (χ3v) is 3.58. The van der Waals surface area contributed by atoms with Gasteiger partial charge in [-0.15, -0.1) is 0 Å². The maximum absolute atomic E-state index is 11.9. The minimum absolute atomic E-state index is 0.288. The van der Waals surface area contributed by atoms with Gasteiger partial charge in [-0.1, -0.05) is 26.7 Å². The van der Waals surface area contributed by atoms with Crippen molar-refractivity contribution in [2.24, 2.45) is 11.8 Å². The minimum atomic E-state index is 0.288. The molecule has 1 saturated heterocycles. The topological polar surface area (TPSA) is 29.1 Å². The van der Waals surface area contributed by atoms with Crippen molar-refractivity contribution in [1.82, 2.24) is 5.32 Å². The molecule has 0 radical (unpaired) electrons.